The molecule has 1 aromatic rings. The van der Waals surface area contributed by atoms with Crippen LogP contribution in [0.15, 0.2) is 24.3 Å². The summed E-state index contributed by atoms with van der Waals surface area (Å²) in [5, 5.41) is 0. The van der Waals surface area contributed by atoms with Gasteiger partial charge >= 0.3 is 0 Å². The lowest BCUT2D eigenvalue weighted by Gasteiger charge is -2.15. The summed E-state index contributed by atoms with van der Waals surface area (Å²) in [6.45, 7) is 7.76. The Labute approximate surface area is 92.6 Å². The third kappa shape index (κ3) is 5.44. The van der Waals surface area contributed by atoms with E-state index in [1.807, 2.05) is 24.3 Å². The summed E-state index contributed by atoms with van der Waals surface area (Å²) in [6, 6.07) is 8.68. The van der Waals surface area contributed by atoms with E-state index in [2.05, 4.69) is 25.1 Å². The summed E-state index contributed by atoms with van der Waals surface area (Å²) >= 11 is 0. The Morgan fingerprint density at radius 1 is 1.20 bits per heavy atom. The van der Waals surface area contributed by atoms with Gasteiger partial charge in [-0.1, -0.05) is 19.6 Å². The number of anilines is 2. The molecule has 0 aliphatic heterocycles. The molecule has 0 saturated carbocycles. The van der Waals surface area contributed by atoms with Gasteiger partial charge < -0.3 is 5.73 Å². The van der Waals surface area contributed by atoms with E-state index in [0.29, 0.717) is 0 Å². The minimum atomic E-state index is -0.989. The second kappa shape index (κ2) is 5.18. The van der Waals surface area contributed by atoms with Crippen molar-refractivity contribution in [1.82, 2.24) is 0 Å². The highest BCUT2D eigenvalue weighted by Gasteiger charge is 2.11. The van der Waals surface area contributed by atoms with Crippen molar-refractivity contribution in [3.63, 3.8) is 0 Å². The third-order valence-corrected chi connectivity index (χ3v) is 3.76. The van der Waals surface area contributed by atoms with Gasteiger partial charge in [-0.15, -0.1) is 0 Å². The van der Waals surface area contributed by atoms with Crippen LogP contribution < -0.4 is 11.2 Å². The van der Waals surface area contributed by atoms with Crippen LogP contribution in [-0.2, 0) is 4.84 Å². The standard InChI is InChI=1S/C11H20N2OSi/c1-15(2,3)9-8-14-13-11-6-4-10(12)5-7-11/h4-7,13H,8-9,12H2,1-3H3. The quantitative estimate of drug-likeness (QED) is 0.350. The van der Waals surface area contributed by atoms with Crippen LogP contribution in [0.25, 0.3) is 0 Å². The van der Waals surface area contributed by atoms with Gasteiger partial charge in [0.15, 0.2) is 0 Å². The highest BCUT2D eigenvalue weighted by Crippen LogP contribution is 2.11. The van der Waals surface area contributed by atoms with Gasteiger partial charge in [0, 0.05) is 13.8 Å². The van der Waals surface area contributed by atoms with E-state index in [0.717, 1.165) is 24.0 Å². The molecule has 0 saturated heterocycles. The molecule has 1 rings (SSSR count). The average Bonchev–Trinajstić information content (AvgIpc) is 2.14. The molecule has 0 heterocycles. The van der Waals surface area contributed by atoms with Gasteiger partial charge in [-0.05, 0) is 30.3 Å². The third-order valence-electron chi connectivity index (χ3n) is 2.05. The molecule has 1 aromatic carbocycles. The number of hydrogen-bond acceptors (Lipinski definition) is 3. The van der Waals surface area contributed by atoms with Gasteiger partial charge in [0.2, 0.25) is 0 Å². The number of nitrogen functional groups attached to an aromatic ring is 1. The first kappa shape index (κ1) is 12.1. The number of nitrogens with two attached hydrogens (primary N) is 1. The summed E-state index contributed by atoms with van der Waals surface area (Å²) in [4.78, 5) is 5.38. The van der Waals surface area contributed by atoms with Gasteiger partial charge in [0.05, 0.1) is 12.3 Å². The molecule has 0 atom stereocenters. The van der Waals surface area contributed by atoms with Crippen LogP contribution in [-0.4, -0.2) is 14.7 Å². The average molecular weight is 224 g/mol. The van der Waals surface area contributed by atoms with Gasteiger partial charge in [-0.3, -0.25) is 10.3 Å². The Morgan fingerprint density at radius 3 is 2.33 bits per heavy atom. The predicted molar refractivity (Wildman–Crippen MR) is 68.6 cm³/mol. The van der Waals surface area contributed by atoms with Crippen molar-refractivity contribution in [3.05, 3.63) is 24.3 Å². The second-order valence-corrected chi connectivity index (χ2v) is 10.5. The number of rotatable bonds is 5. The molecule has 0 amide bonds. The molecule has 0 fully saturated rings. The fourth-order valence-corrected chi connectivity index (χ4v) is 1.76. The normalized spacial score (nSPS) is 11.4. The molecule has 0 aliphatic rings. The Morgan fingerprint density at radius 2 is 1.80 bits per heavy atom. The first-order chi connectivity index (χ1) is 6.97. The van der Waals surface area contributed by atoms with Gasteiger partial charge in [-0.2, -0.15) is 0 Å². The Kier molecular flexibility index (Phi) is 4.17. The topological polar surface area (TPSA) is 47.3 Å². The molecule has 0 aliphatic carbocycles. The minimum absolute atomic E-state index is 0.764. The zero-order valence-electron chi connectivity index (χ0n) is 9.71. The lowest BCUT2D eigenvalue weighted by molar-refractivity contribution is 0.209. The minimum Gasteiger partial charge on any atom is -0.399 e. The van der Waals surface area contributed by atoms with E-state index in [1.165, 1.54) is 0 Å². The molecule has 4 heteroatoms. The molecule has 15 heavy (non-hydrogen) atoms. The van der Waals surface area contributed by atoms with Gasteiger partial charge in [-0.25, -0.2) is 0 Å². The van der Waals surface area contributed by atoms with Crippen molar-refractivity contribution < 1.29 is 4.84 Å². The smallest absolute Gasteiger partial charge is 0.0722 e. The Bertz CT molecular complexity index is 292. The van der Waals surface area contributed by atoms with E-state index < -0.39 is 8.07 Å². The van der Waals surface area contributed by atoms with Crippen molar-refractivity contribution in [3.8, 4) is 0 Å². The fourth-order valence-electron chi connectivity index (χ4n) is 1.04. The van der Waals surface area contributed by atoms with Crippen molar-refractivity contribution in [2.24, 2.45) is 0 Å². The van der Waals surface area contributed by atoms with Crippen LogP contribution in [0, 0.1) is 0 Å². The van der Waals surface area contributed by atoms with Gasteiger partial charge in [0.1, 0.15) is 0 Å². The number of nitrogens with one attached hydrogen (secondary N) is 1. The molecule has 0 radical (unpaired) electrons. The highest BCUT2D eigenvalue weighted by molar-refractivity contribution is 6.76. The maximum atomic E-state index is 5.58. The predicted octanol–water partition coefficient (Wildman–Crippen LogP) is 2.95. The summed E-state index contributed by atoms with van der Waals surface area (Å²) < 4.78 is 0. The highest BCUT2D eigenvalue weighted by atomic mass is 28.3. The molecule has 0 aromatic heterocycles. The number of benzene rings is 1. The molecule has 0 bridgehead atoms. The van der Waals surface area contributed by atoms with Crippen LogP contribution in [0.3, 0.4) is 0 Å². The summed E-state index contributed by atoms with van der Waals surface area (Å²) in [6.07, 6.45) is 0. The molecular formula is C11H20N2OSi. The molecule has 0 unspecified atom stereocenters. The van der Waals surface area contributed by atoms with Crippen LogP contribution in [0.5, 0.6) is 0 Å². The Hall–Kier alpha value is -1.00. The Balaban J connectivity index is 2.23. The summed E-state index contributed by atoms with van der Waals surface area (Å²) in [5.74, 6) is 0. The van der Waals surface area contributed by atoms with Gasteiger partial charge in [0.25, 0.3) is 0 Å². The second-order valence-electron chi connectivity index (χ2n) is 4.88. The van der Waals surface area contributed by atoms with Crippen molar-refractivity contribution in [2.45, 2.75) is 25.7 Å². The van der Waals surface area contributed by atoms with Crippen LogP contribution in [0.2, 0.25) is 25.7 Å². The monoisotopic (exact) mass is 224 g/mol. The van der Waals surface area contributed by atoms with Crippen molar-refractivity contribution in [2.75, 3.05) is 17.8 Å². The fraction of sp³-hybridized carbons (Fsp3) is 0.455. The SMILES string of the molecule is C[Si](C)(C)CCONc1ccc(N)cc1. The summed E-state index contributed by atoms with van der Waals surface area (Å²) in [5.41, 5.74) is 10.2. The van der Waals surface area contributed by atoms with E-state index in [9.17, 15) is 0 Å². The lowest BCUT2D eigenvalue weighted by atomic mass is 10.3. The van der Waals surface area contributed by atoms with Crippen LogP contribution >= 0.6 is 0 Å². The number of hydrogen-bond donors (Lipinski definition) is 2. The maximum Gasteiger partial charge on any atom is 0.0722 e. The maximum absolute atomic E-state index is 5.58. The van der Waals surface area contributed by atoms with E-state index in [4.69, 9.17) is 10.6 Å². The largest absolute Gasteiger partial charge is 0.399 e. The zero-order valence-corrected chi connectivity index (χ0v) is 10.7. The van der Waals surface area contributed by atoms with Crippen molar-refractivity contribution in [1.29, 1.82) is 0 Å². The zero-order chi connectivity index (χ0) is 11.3. The van der Waals surface area contributed by atoms with Crippen LogP contribution in [0.1, 0.15) is 0 Å². The van der Waals surface area contributed by atoms with E-state index in [1.54, 1.807) is 0 Å². The lowest BCUT2D eigenvalue weighted by Crippen LogP contribution is -2.22. The summed E-state index contributed by atoms with van der Waals surface area (Å²) in [7, 11) is -0.989. The molecular weight excluding hydrogens is 204 g/mol. The van der Waals surface area contributed by atoms with Crippen LogP contribution in [0.4, 0.5) is 11.4 Å². The van der Waals surface area contributed by atoms with E-state index >= 15 is 0 Å². The molecule has 0 spiro atoms. The first-order valence-electron chi connectivity index (χ1n) is 5.21. The van der Waals surface area contributed by atoms with Crippen molar-refractivity contribution >= 4 is 19.4 Å². The molecule has 84 valence electrons. The first-order valence-corrected chi connectivity index (χ1v) is 8.91. The molecule has 3 N–H and O–H groups in total. The van der Waals surface area contributed by atoms with E-state index in [-0.39, 0.29) is 0 Å². The molecule has 3 nitrogen and oxygen atoms in total.